The first kappa shape index (κ1) is 14.2. The fourth-order valence-corrected chi connectivity index (χ4v) is 2.24. The summed E-state index contributed by atoms with van der Waals surface area (Å²) < 4.78 is 0. The van der Waals surface area contributed by atoms with Gasteiger partial charge in [-0.05, 0) is 30.9 Å². The quantitative estimate of drug-likeness (QED) is 0.578. The highest BCUT2D eigenvalue weighted by atomic mass is 32.2. The second kappa shape index (κ2) is 6.14. The number of phenols is 2. The highest BCUT2D eigenvalue weighted by Gasteiger charge is 2.18. The van der Waals surface area contributed by atoms with Crippen LogP contribution in [-0.2, 0) is 6.54 Å². The largest absolute Gasteiger partial charge is 0.504 e. The van der Waals surface area contributed by atoms with Crippen LogP contribution in [0.4, 0.5) is 0 Å². The van der Waals surface area contributed by atoms with Crippen molar-refractivity contribution in [3.63, 3.8) is 0 Å². The van der Waals surface area contributed by atoms with E-state index >= 15 is 0 Å². The van der Waals surface area contributed by atoms with Crippen LogP contribution in [0.3, 0.4) is 0 Å². The molecule has 4 nitrogen and oxygen atoms in total. The van der Waals surface area contributed by atoms with Crippen molar-refractivity contribution in [2.75, 3.05) is 18.6 Å². The average molecular weight is 257 g/mol. The Kier molecular flexibility index (Phi) is 5.11. The Morgan fingerprint density at radius 3 is 2.59 bits per heavy atom. The molecule has 0 aliphatic carbocycles. The zero-order chi connectivity index (χ0) is 12.9. The lowest BCUT2D eigenvalue weighted by Crippen LogP contribution is -2.39. The van der Waals surface area contributed by atoms with Crippen LogP contribution in [0.1, 0.15) is 12.5 Å². The molecule has 1 unspecified atom stereocenters. The summed E-state index contributed by atoms with van der Waals surface area (Å²) in [6.45, 7) is 2.80. The molecule has 0 spiro atoms. The summed E-state index contributed by atoms with van der Waals surface area (Å²) in [4.78, 5) is 0. The highest BCUT2D eigenvalue weighted by molar-refractivity contribution is 7.98. The van der Waals surface area contributed by atoms with E-state index in [-0.39, 0.29) is 11.5 Å². The van der Waals surface area contributed by atoms with Gasteiger partial charge in [-0.25, -0.2) is 0 Å². The molecule has 0 saturated heterocycles. The monoisotopic (exact) mass is 257 g/mol. The van der Waals surface area contributed by atoms with Gasteiger partial charge in [0.15, 0.2) is 11.5 Å². The van der Waals surface area contributed by atoms with Crippen LogP contribution in [-0.4, -0.2) is 39.5 Å². The molecule has 96 valence electrons. The molecular formula is C12H19NO3S. The maximum Gasteiger partial charge on any atom is 0.157 e. The Labute approximate surface area is 106 Å². The molecule has 0 aliphatic heterocycles. The summed E-state index contributed by atoms with van der Waals surface area (Å²) in [6, 6.07) is 4.68. The zero-order valence-electron chi connectivity index (χ0n) is 10.1. The van der Waals surface area contributed by atoms with E-state index in [0.717, 1.165) is 5.56 Å². The Morgan fingerprint density at radius 2 is 2.00 bits per heavy atom. The third-order valence-corrected chi connectivity index (χ3v) is 3.24. The van der Waals surface area contributed by atoms with Gasteiger partial charge in [0.1, 0.15) is 0 Å². The zero-order valence-corrected chi connectivity index (χ0v) is 10.9. The van der Waals surface area contributed by atoms with Crippen molar-refractivity contribution in [1.82, 2.24) is 5.32 Å². The number of benzene rings is 1. The number of hydrogen-bond acceptors (Lipinski definition) is 5. The van der Waals surface area contributed by atoms with Gasteiger partial charge in [-0.1, -0.05) is 6.07 Å². The van der Waals surface area contributed by atoms with Crippen molar-refractivity contribution in [2.45, 2.75) is 19.1 Å². The van der Waals surface area contributed by atoms with E-state index in [1.165, 1.54) is 12.1 Å². The molecule has 1 rings (SSSR count). The first-order valence-electron chi connectivity index (χ1n) is 5.37. The number of rotatable bonds is 6. The average Bonchev–Trinajstić information content (AvgIpc) is 2.23. The maximum absolute atomic E-state index is 9.92. The molecular weight excluding hydrogens is 238 g/mol. The summed E-state index contributed by atoms with van der Waals surface area (Å²) in [5.74, 6) is 0.421. The molecule has 0 aromatic heterocycles. The van der Waals surface area contributed by atoms with Crippen LogP contribution >= 0.6 is 11.8 Å². The summed E-state index contributed by atoms with van der Waals surface area (Å²) in [5, 5.41) is 31.5. The van der Waals surface area contributed by atoms with Crippen LogP contribution in [0.15, 0.2) is 18.2 Å². The second-order valence-electron chi connectivity index (χ2n) is 4.36. The fourth-order valence-electron chi connectivity index (χ4n) is 1.52. The molecule has 0 amide bonds. The van der Waals surface area contributed by atoms with E-state index in [1.807, 2.05) is 6.26 Å². The highest BCUT2D eigenvalue weighted by Crippen LogP contribution is 2.24. The molecule has 1 aromatic rings. The number of aromatic hydroxyl groups is 2. The minimum Gasteiger partial charge on any atom is -0.504 e. The van der Waals surface area contributed by atoms with Crippen molar-refractivity contribution in [3.05, 3.63) is 23.8 Å². The van der Waals surface area contributed by atoms with Gasteiger partial charge in [0.2, 0.25) is 0 Å². The topological polar surface area (TPSA) is 72.7 Å². The third kappa shape index (κ3) is 4.85. The molecule has 4 N–H and O–H groups in total. The SMILES string of the molecule is CSCC(C)(O)CNCc1ccc(O)c(O)c1. The van der Waals surface area contributed by atoms with Gasteiger partial charge in [0.05, 0.1) is 5.60 Å². The third-order valence-electron chi connectivity index (χ3n) is 2.33. The van der Waals surface area contributed by atoms with E-state index in [9.17, 15) is 10.2 Å². The van der Waals surface area contributed by atoms with Gasteiger partial charge in [-0.2, -0.15) is 11.8 Å². The number of phenolic OH excluding ortho intramolecular Hbond substituents is 2. The molecule has 0 fully saturated rings. The molecule has 0 saturated carbocycles. The fraction of sp³-hybridized carbons (Fsp3) is 0.500. The van der Waals surface area contributed by atoms with E-state index in [0.29, 0.717) is 18.8 Å². The van der Waals surface area contributed by atoms with Crippen LogP contribution < -0.4 is 5.32 Å². The second-order valence-corrected chi connectivity index (χ2v) is 5.22. The summed E-state index contributed by atoms with van der Waals surface area (Å²) >= 11 is 1.60. The van der Waals surface area contributed by atoms with Crippen LogP contribution in [0, 0.1) is 0 Å². The van der Waals surface area contributed by atoms with Crippen molar-refractivity contribution in [3.8, 4) is 11.5 Å². The van der Waals surface area contributed by atoms with Gasteiger partial charge in [0, 0.05) is 18.8 Å². The van der Waals surface area contributed by atoms with Crippen molar-refractivity contribution in [1.29, 1.82) is 0 Å². The van der Waals surface area contributed by atoms with E-state index < -0.39 is 5.60 Å². The van der Waals surface area contributed by atoms with Gasteiger partial charge in [-0.3, -0.25) is 0 Å². The lowest BCUT2D eigenvalue weighted by molar-refractivity contribution is 0.0846. The predicted molar refractivity (Wildman–Crippen MR) is 70.5 cm³/mol. The lowest BCUT2D eigenvalue weighted by atomic mass is 10.1. The summed E-state index contributed by atoms with van der Waals surface area (Å²) in [6.07, 6.45) is 1.95. The summed E-state index contributed by atoms with van der Waals surface area (Å²) in [5.41, 5.74) is 0.124. The number of aliphatic hydroxyl groups is 1. The van der Waals surface area contributed by atoms with Gasteiger partial charge < -0.3 is 20.6 Å². The van der Waals surface area contributed by atoms with Crippen molar-refractivity contribution >= 4 is 11.8 Å². The van der Waals surface area contributed by atoms with E-state index in [4.69, 9.17) is 5.11 Å². The van der Waals surface area contributed by atoms with Crippen LogP contribution in [0.5, 0.6) is 11.5 Å². The number of nitrogens with one attached hydrogen (secondary N) is 1. The minimum atomic E-state index is -0.738. The van der Waals surface area contributed by atoms with Crippen molar-refractivity contribution in [2.24, 2.45) is 0 Å². The molecule has 0 heterocycles. The Morgan fingerprint density at radius 1 is 1.29 bits per heavy atom. The minimum absolute atomic E-state index is 0.122. The van der Waals surface area contributed by atoms with E-state index in [1.54, 1.807) is 24.8 Å². The standard InChI is InChI=1S/C12H19NO3S/c1-12(16,8-17-2)7-13-6-9-3-4-10(14)11(15)5-9/h3-5,13-16H,6-8H2,1-2H3. The molecule has 1 aromatic carbocycles. The Hall–Kier alpha value is -0.910. The molecule has 5 heteroatoms. The number of thioether (sulfide) groups is 1. The lowest BCUT2D eigenvalue weighted by Gasteiger charge is -2.22. The molecule has 17 heavy (non-hydrogen) atoms. The Balaban J connectivity index is 2.43. The van der Waals surface area contributed by atoms with Gasteiger partial charge >= 0.3 is 0 Å². The number of hydrogen-bond donors (Lipinski definition) is 4. The van der Waals surface area contributed by atoms with E-state index in [2.05, 4.69) is 5.32 Å². The molecule has 1 atom stereocenters. The first-order chi connectivity index (χ1) is 7.94. The molecule has 0 bridgehead atoms. The van der Waals surface area contributed by atoms with Crippen molar-refractivity contribution < 1.29 is 15.3 Å². The van der Waals surface area contributed by atoms with Crippen LogP contribution in [0.25, 0.3) is 0 Å². The first-order valence-corrected chi connectivity index (χ1v) is 6.77. The maximum atomic E-state index is 9.92. The molecule has 0 radical (unpaired) electrons. The molecule has 0 aliphatic rings. The summed E-state index contributed by atoms with van der Waals surface area (Å²) in [7, 11) is 0. The van der Waals surface area contributed by atoms with Gasteiger partial charge in [-0.15, -0.1) is 0 Å². The Bertz CT molecular complexity index is 369. The normalized spacial score (nSPS) is 14.5. The van der Waals surface area contributed by atoms with Crippen LogP contribution in [0.2, 0.25) is 0 Å². The van der Waals surface area contributed by atoms with Gasteiger partial charge in [0.25, 0.3) is 0 Å². The predicted octanol–water partition coefficient (Wildman–Crippen LogP) is 1.30. The smallest absolute Gasteiger partial charge is 0.157 e.